The number of thioether (sulfide) groups is 1. The molecule has 8 heteroatoms. The van der Waals surface area contributed by atoms with Gasteiger partial charge in [0, 0.05) is 55.4 Å². The number of aliphatic hydroxyl groups is 2. The SMILES string of the molecule is COc1ccc2ncc(CN3CCOCC3)c([C@@H](O)CCC3(CO)CCN(CCSC4CCCC4)CC3)c2c1. The van der Waals surface area contributed by atoms with E-state index in [-0.39, 0.29) is 12.0 Å². The van der Waals surface area contributed by atoms with Crippen molar-refractivity contribution in [3.05, 3.63) is 35.5 Å². The number of pyridine rings is 1. The number of fused-ring (bicyclic) bond motifs is 1. The van der Waals surface area contributed by atoms with Gasteiger partial charge in [0.15, 0.2) is 0 Å². The van der Waals surface area contributed by atoms with E-state index < -0.39 is 6.10 Å². The second-order valence-corrected chi connectivity index (χ2v) is 13.2. The lowest BCUT2D eigenvalue weighted by molar-refractivity contribution is 0.0245. The highest BCUT2D eigenvalue weighted by Gasteiger charge is 2.35. The van der Waals surface area contributed by atoms with Crippen LogP contribution in [0.4, 0.5) is 0 Å². The third kappa shape index (κ3) is 7.46. The van der Waals surface area contributed by atoms with Crippen LogP contribution in [0.5, 0.6) is 5.75 Å². The van der Waals surface area contributed by atoms with Gasteiger partial charge in [-0.25, -0.2) is 0 Å². The van der Waals surface area contributed by atoms with Gasteiger partial charge in [0.25, 0.3) is 0 Å². The molecule has 1 saturated carbocycles. The summed E-state index contributed by atoms with van der Waals surface area (Å²) in [6, 6.07) is 5.90. The standard InChI is InChI=1S/C31H47N3O4S/c1-37-25-6-7-28-27(20-25)30(24(21-32-28)22-34-14-17-38-18-15-34)29(36)8-9-31(23-35)10-12-33(13-11-31)16-19-39-26-4-2-3-5-26/h6-7,20-21,26,29,35-36H,2-5,8-19,22-23H2,1H3/t29-/m0/s1. The van der Waals surface area contributed by atoms with Gasteiger partial charge in [-0.05, 0) is 86.4 Å². The molecule has 1 aromatic heterocycles. The van der Waals surface area contributed by atoms with Crippen LogP contribution >= 0.6 is 11.8 Å². The number of likely N-dealkylation sites (tertiary alicyclic amines) is 1. The molecule has 3 fully saturated rings. The van der Waals surface area contributed by atoms with Gasteiger partial charge in [0.05, 0.1) is 31.9 Å². The van der Waals surface area contributed by atoms with E-state index in [4.69, 9.17) is 14.5 Å². The Hall–Kier alpha value is -1.42. The number of hydrogen-bond donors (Lipinski definition) is 2. The lowest BCUT2D eigenvalue weighted by atomic mass is 9.74. The first-order valence-electron chi connectivity index (χ1n) is 15.0. The van der Waals surface area contributed by atoms with Gasteiger partial charge < -0.3 is 24.6 Å². The molecule has 7 nitrogen and oxygen atoms in total. The number of piperidine rings is 1. The Balaban J connectivity index is 1.24. The molecule has 3 aliphatic rings. The lowest BCUT2D eigenvalue weighted by Crippen LogP contribution is -2.43. The van der Waals surface area contributed by atoms with E-state index in [0.29, 0.717) is 6.42 Å². The van der Waals surface area contributed by atoms with Gasteiger partial charge in [-0.1, -0.05) is 12.8 Å². The quantitative estimate of drug-likeness (QED) is 0.391. The van der Waals surface area contributed by atoms with Crippen molar-refractivity contribution in [2.45, 2.75) is 69.3 Å². The van der Waals surface area contributed by atoms with Crippen LogP contribution in [-0.2, 0) is 11.3 Å². The minimum Gasteiger partial charge on any atom is -0.497 e. The van der Waals surface area contributed by atoms with Crippen molar-refractivity contribution in [2.75, 3.05) is 65.4 Å². The summed E-state index contributed by atoms with van der Waals surface area (Å²) < 4.78 is 11.1. The molecular formula is C31H47N3O4S. The molecule has 0 radical (unpaired) electrons. The Bertz CT molecular complexity index is 1050. The number of rotatable bonds is 12. The lowest BCUT2D eigenvalue weighted by Gasteiger charge is -2.41. The minimum absolute atomic E-state index is 0.110. The Labute approximate surface area is 238 Å². The highest BCUT2D eigenvalue weighted by molar-refractivity contribution is 7.99. The summed E-state index contributed by atoms with van der Waals surface area (Å²) in [6.07, 6.45) is 10.4. The first-order chi connectivity index (χ1) is 19.1. The molecule has 1 aromatic carbocycles. The number of nitrogens with zero attached hydrogens (tertiary/aromatic N) is 3. The maximum Gasteiger partial charge on any atom is 0.119 e. The molecule has 0 spiro atoms. The summed E-state index contributed by atoms with van der Waals surface area (Å²) in [5.41, 5.74) is 2.79. The fourth-order valence-corrected chi connectivity index (χ4v) is 7.97. The molecule has 216 valence electrons. The molecule has 1 atom stereocenters. The van der Waals surface area contributed by atoms with Gasteiger partial charge in [-0.2, -0.15) is 11.8 Å². The number of morpholine rings is 1. The van der Waals surface area contributed by atoms with E-state index in [1.807, 2.05) is 24.4 Å². The predicted molar refractivity (Wildman–Crippen MR) is 158 cm³/mol. The van der Waals surface area contributed by atoms with Crippen molar-refractivity contribution in [3.63, 3.8) is 0 Å². The molecular weight excluding hydrogens is 510 g/mol. The molecule has 2 saturated heterocycles. The molecule has 1 aliphatic carbocycles. The van der Waals surface area contributed by atoms with Crippen LogP contribution < -0.4 is 4.74 Å². The normalized spacial score (nSPS) is 21.9. The van der Waals surface area contributed by atoms with Crippen LogP contribution in [0.25, 0.3) is 10.9 Å². The molecule has 39 heavy (non-hydrogen) atoms. The van der Waals surface area contributed by atoms with Gasteiger partial charge in [0.2, 0.25) is 0 Å². The van der Waals surface area contributed by atoms with Crippen molar-refractivity contribution in [1.82, 2.24) is 14.8 Å². The zero-order chi connectivity index (χ0) is 27.1. The molecule has 3 heterocycles. The van der Waals surface area contributed by atoms with Crippen molar-refractivity contribution in [3.8, 4) is 5.75 Å². The first-order valence-corrected chi connectivity index (χ1v) is 16.0. The molecule has 5 rings (SSSR count). The fraction of sp³-hybridized carbons (Fsp3) is 0.710. The van der Waals surface area contributed by atoms with Crippen LogP contribution in [0.15, 0.2) is 24.4 Å². The van der Waals surface area contributed by atoms with Crippen molar-refractivity contribution >= 4 is 22.7 Å². The Morgan fingerprint density at radius 2 is 1.90 bits per heavy atom. The van der Waals surface area contributed by atoms with E-state index in [9.17, 15) is 10.2 Å². The molecule has 0 unspecified atom stereocenters. The Morgan fingerprint density at radius 3 is 2.62 bits per heavy atom. The van der Waals surface area contributed by atoms with Crippen LogP contribution in [0.3, 0.4) is 0 Å². The van der Waals surface area contributed by atoms with Gasteiger partial charge in [0.1, 0.15) is 5.75 Å². The third-order valence-corrected chi connectivity index (χ3v) is 10.7. The third-order valence-electron chi connectivity index (χ3n) is 9.29. The smallest absolute Gasteiger partial charge is 0.119 e. The molecule has 0 amide bonds. The monoisotopic (exact) mass is 557 g/mol. The number of hydrogen-bond acceptors (Lipinski definition) is 8. The second kappa shape index (κ2) is 14.0. The van der Waals surface area contributed by atoms with E-state index in [1.54, 1.807) is 7.11 Å². The first kappa shape index (κ1) is 29.1. The largest absolute Gasteiger partial charge is 0.497 e. The summed E-state index contributed by atoms with van der Waals surface area (Å²) in [5, 5.41) is 24.0. The minimum atomic E-state index is -0.622. The zero-order valence-corrected chi connectivity index (χ0v) is 24.5. The van der Waals surface area contributed by atoms with Gasteiger partial charge >= 0.3 is 0 Å². The average molecular weight is 558 g/mol. The summed E-state index contributed by atoms with van der Waals surface area (Å²) in [5.74, 6) is 1.99. The molecule has 2 aliphatic heterocycles. The number of benzene rings is 1. The van der Waals surface area contributed by atoms with Gasteiger partial charge in [-0.15, -0.1) is 0 Å². The molecule has 2 N–H and O–H groups in total. The second-order valence-electron chi connectivity index (χ2n) is 11.8. The highest BCUT2D eigenvalue weighted by Crippen LogP contribution is 2.40. The van der Waals surface area contributed by atoms with E-state index >= 15 is 0 Å². The number of aromatic nitrogens is 1. The van der Waals surface area contributed by atoms with Crippen molar-refractivity contribution < 1.29 is 19.7 Å². The van der Waals surface area contributed by atoms with Crippen LogP contribution in [-0.4, -0.2) is 95.7 Å². The molecule has 0 bridgehead atoms. The molecule has 2 aromatic rings. The van der Waals surface area contributed by atoms with Crippen molar-refractivity contribution in [2.24, 2.45) is 5.41 Å². The van der Waals surface area contributed by atoms with Crippen molar-refractivity contribution in [1.29, 1.82) is 0 Å². The Kier molecular flexibility index (Phi) is 10.4. The van der Waals surface area contributed by atoms with E-state index in [1.165, 1.54) is 31.4 Å². The van der Waals surface area contributed by atoms with Crippen LogP contribution in [0.1, 0.15) is 68.6 Å². The average Bonchev–Trinajstić information content (AvgIpc) is 3.50. The summed E-state index contributed by atoms with van der Waals surface area (Å²) >= 11 is 2.16. The summed E-state index contributed by atoms with van der Waals surface area (Å²) in [6.45, 7) is 7.42. The number of methoxy groups -OCH3 is 1. The zero-order valence-electron chi connectivity index (χ0n) is 23.7. The van der Waals surface area contributed by atoms with Crippen LogP contribution in [0.2, 0.25) is 0 Å². The predicted octanol–water partition coefficient (Wildman–Crippen LogP) is 4.64. The van der Waals surface area contributed by atoms with Crippen LogP contribution in [0, 0.1) is 5.41 Å². The number of aliphatic hydroxyl groups excluding tert-OH is 2. The van der Waals surface area contributed by atoms with E-state index in [0.717, 1.165) is 105 Å². The maximum absolute atomic E-state index is 11.7. The summed E-state index contributed by atoms with van der Waals surface area (Å²) in [7, 11) is 1.67. The maximum atomic E-state index is 11.7. The number of ether oxygens (including phenoxy) is 2. The highest BCUT2D eigenvalue weighted by atomic mass is 32.2. The Morgan fingerprint density at radius 1 is 1.13 bits per heavy atom. The van der Waals surface area contributed by atoms with Gasteiger partial charge in [-0.3, -0.25) is 9.88 Å². The topological polar surface area (TPSA) is 78.3 Å². The van der Waals surface area contributed by atoms with E-state index in [2.05, 4.69) is 21.6 Å². The fourth-order valence-electron chi connectivity index (χ4n) is 6.61. The summed E-state index contributed by atoms with van der Waals surface area (Å²) in [4.78, 5) is 9.68.